The van der Waals surface area contributed by atoms with Gasteiger partial charge in [-0.05, 0) is 35.9 Å². The second kappa shape index (κ2) is 8.23. The number of thioether (sulfide) groups is 1. The maximum Gasteiger partial charge on any atom is 0.128 e. The highest BCUT2D eigenvalue weighted by Gasteiger charge is 2.04. The van der Waals surface area contributed by atoms with Gasteiger partial charge in [-0.1, -0.05) is 39.9 Å². The molecular formula is C17H14BrFOS. The van der Waals surface area contributed by atoms with Gasteiger partial charge in [0.25, 0.3) is 0 Å². The van der Waals surface area contributed by atoms with Gasteiger partial charge in [-0.2, -0.15) is 0 Å². The summed E-state index contributed by atoms with van der Waals surface area (Å²) < 4.78 is 15.0. The van der Waals surface area contributed by atoms with Gasteiger partial charge in [0.05, 0.1) is 6.61 Å². The van der Waals surface area contributed by atoms with Gasteiger partial charge in [0.1, 0.15) is 5.82 Å². The molecule has 0 aliphatic rings. The first-order valence-electron chi connectivity index (χ1n) is 6.45. The Morgan fingerprint density at radius 2 is 2.05 bits per heavy atom. The number of hydrogen-bond acceptors (Lipinski definition) is 2. The van der Waals surface area contributed by atoms with E-state index in [1.54, 1.807) is 17.8 Å². The first-order chi connectivity index (χ1) is 10.2. The molecule has 0 saturated carbocycles. The lowest BCUT2D eigenvalue weighted by Gasteiger charge is -2.04. The van der Waals surface area contributed by atoms with Gasteiger partial charge in [-0.15, -0.1) is 11.8 Å². The van der Waals surface area contributed by atoms with Crippen LogP contribution < -0.4 is 0 Å². The van der Waals surface area contributed by atoms with Gasteiger partial charge in [-0.25, -0.2) is 4.39 Å². The Morgan fingerprint density at radius 1 is 1.19 bits per heavy atom. The Balaban J connectivity index is 2.03. The quantitative estimate of drug-likeness (QED) is 0.631. The molecular weight excluding hydrogens is 351 g/mol. The Kier molecular flexibility index (Phi) is 6.31. The van der Waals surface area contributed by atoms with E-state index in [1.807, 2.05) is 30.3 Å². The van der Waals surface area contributed by atoms with Crippen LogP contribution in [0.4, 0.5) is 4.39 Å². The smallest absolute Gasteiger partial charge is 0.128 e. The summed E-state index contributed by atoms with van der Waals surface area (Å²) in [5.74, 6) is 5.95. The van der Waals surface area contributed by atoms with Gasteiger partial charge in [0.15, 0.2) is 0 Å². The average molecular weight is 365 g/mol. The zero-order valence-electron chi connectivity index (χ0n) is 11.3. The van der Waals surface area contributed by atoms with Crippen LogP contribution in [0.15, 0.2) is 51.8 Å². The van der Waals surface area contributed by atoms with Gasteiger partial charge in [0, 0.05) is 27.1 Å². The maximum absolute atomic E-state index is 14.0. The monoisotopic (exact) mass is 364 g/mol. The van der Waals surface area contributed by atoms with Crippen LogP contribution >= 0.6 is 27.7 Å². The molecule has 0 heterocycles. The minimum absolute atomic E-state index is 0.0246. The number of aliphatic hydroxyl groups is 1. The predicted molar refractivity (Wildman–Crippen MR) is 88.7 cm³/mol. The average Bonchev–Trinajstić information content (AvgIpc) is 2.47. The van der Waals surface area contributed by atoms with E-state index in [0.717, 1.165) is 9.37 Å². The van der Waals surface area contributed by atoms with Crippen LogP contribution in [-0.2, 0) is 5.75 Å². The fraction of sp³-hybridized carbons (Fsp3) is 0.176. The summed E-state index contributed by atoms with van der Waals surface area (Å²) in [6, 6.07) is 13.0. The molecule has 0 unspecified atom stereocenters. The fourth-order valence-electron chi connectivity index (χ4n) is 1.68. The Labute approximate surface area is 136 Å². The van der Waals surface area contributed by atoms with E-state index >= 15 is 0 Å². The molecule has 21 heavy (non-hydrogen) atoms. The van der Waals surface area contributed by atoms with E-state index in [2.05, 4.69) is 27.8 Å². The zero-order valence-corrected chi connectivity index (χ0v) is 13.7. The summed E-state index contributed by atoms with van der Waals surface area (Å²) in [6.07, 6.45) is 0.405. The van der Waals surface area contributed by atoms with Crippen LogP contribution in [-0.4, -0.2) is 11.7 Å². The number of hydrogen-bond donors (Lipinski definition) is 1. The van der Waals surface area contributed by atoms with Gasteiger partial charge in [0.2, 0.25) is 0 Å². The molecule has 0 aromatic heterocycles. The van der Waals surface area contributed by atoms with E-state index in [0.29, 0.717) is 23.3 Å². The van der Waals surface area contributed by atoms with Crippen molar-refractivity contribution in [2.45, 2.75) is 17.1 Å². The third kappa shape index (κ3) is 5.20. The first-order valence-corrected chi connectivity index (χ1v) is 8.23. The maximum atomic E-state index is 14.0. The summed E-state index contributed by atoms with van der Waals surface area (Å²) in [7, 11) is 0. The molecule has 0 amide bonds. The second-order valence-corrected chi connectivity index (χ2v) is 6.29. The summed E-state index contributed by atoms with van der Waals surface area (Å²) in [4.78, 5) is 1.09. The summed E-state index contributed by atoms with van der Waals surface area (Å²) in [5.41, 5.74) is 1.30. The minimum Gasteiger partial charge on any atom is -0.395 e. The molecule has 0 bridgehead atoms. The Bertz CT molecular complexity index is 676. The van der Waals surface area contributed by atoms with Crippen molar-refractivity contribution in [3.05, 3.63) is 63.9 Å². The summed E-state index contributed by atoms with van der Waals surface area (Å²) >= 11 is 5.01. The van der Waals surface area contributed by atoms with Crippen molar-refractivity contribution >= 4 is 27.7 Å². The van der Waals surface area contributed by atoms with E-state index in [9.17, 15) is 4.39 Å². The lowest BCUT2D eigenvalue weighted by atomic mass is 10.1. The molecule has 0 atom stereocenters. The lowest BCUT2D eigenvalue weighted by Crippen LogP contribution is -1.89. The first kappa shape index (κ1) is 16.1. The SMILES string of the molecule is OCCC#Cc1ccc(CSc2cccc(Br)c2)c(F)c1. The highest BCUT2D eigenvalue weighted by molar-refractivity contribution is 9.10. The third-order valence-electron chi connectivity index (χ3n) is 2.71. The van der Waals surface area contributed by atoms with E-state index in [-0.39, 0.29) is 12.4 Å². The number of rotatable bonds is 4. The highest BCUT2D eigenvalue weighted by atomic mass is 79.9. The fourth-order valence-corrected chi connectivity index (χ4v) is 3.17. The standard InChI is InChI=1S/C17H14BrFOS/c18-15-5-3-6-16(11-15)21-12-14-8-7-13(10-17(14)19)4-1-2-9-20/h3,5-8,10-11,20H,2,9,12H2. The number of aliphatic hydroxyl groups excluding tert-OH is 1. The minimum atomic E-state index is -0.242. The van der Waals surface area contributed by atoms with Crippen molar-refractivity contribution in [1.82, 2.24) is 0 Å². The van der Waals surface area contributed by atoms with Crippen LogP contribution in [0.5, 0.6) is 0 Å². The second-order valence-electron chi connectivity index (χ2n) is 4.33. The van der Waals surface area contributed by atoms with Crippen molar-refractivity contribution in [2.24, 2.45) is 0 Å². The molecule has 2 aromatic rings. The number of benzene rings is 2. The van der Waals surface area contributed by atoms with Crippen LogP contribution in [0.1, 0.15) is 17.5 Å². The molecule has 1 N–H and O–H groups in total. The molecule has 0 saturated heterocycles. The van der Waals surface area contributed by atoms with Crippen molar-refractivity contribution < 1.29 is 9.50 Å². The van der Waals surface area contributed by atoms with Crippen molar-refractivity contribution in [3.63, 3.8) is 0 Å². The number of halogens is 2. The molecule has 0 fully saturated rings. The molecule has 2 rings (SSSR count). The molecule has 4 heteroatoms. The molecule has 0 aliphatic heterocycles. The highest BCUT2D eigenvalue weighted by Crippen LogP contribution is 2.26. The van der Waals surface area contributed by atoms with Crippen LogP contribution in [0, 0.1) is 17.7 Å². The van der Waals surface area contributed by atoms with E-state index in [1.165, 1.54) is 6.07 Å². The van der Waals surface area contributed by atoms with Crippen molar-refractivity contribution in [1.29, 1.82) is 0 Å². The van der Waals surface area contributed by atoms with Crippen LogP contribution in [0.2, 0.25) is 0 Å². The topological polar surface area (TPSA) is 20.2 Å². The van der Waals surface area contributed by atoms with Crippen LogP contribution in [0.3, 0.4) is 0 Å². The summed E-state index contributed by atoms with van der Waals surface area (Å²) in [6.45, 7) is 0.0246. The normalized spacial score (nSPS) is 10.0. The molecule has 0 radical (unpaired) electrons. The Hall–Kier alpha value is -1.28. The van der Waals surface area contributed by atoms with E-state index < -0.39 is 0 Å². The van der Waals surface area contributed by atoms with Gasteiger partial charge >= 0.3 is 0 Å². The van der Waals surface area contributed by atoms with Gasteiger partial charge < -0.3 is 5.11 Å². The molecule has 108 valence electrons. The molecule has 1 nitrogen and oxygen atoms in total. The zero-order chi connectivity index (χ0) is 15.1. The van der Waals surface area contributed by atoms with Gasteiger partial charge in [-0.3, -0.25) is 0 Å². The van der Waals surface area contributed by atoms with Crippen molar-refractivity contribution in [3.8, 4) is 11.8 Å². The largest absolute Gasteiger partial charge is 0.395 e. The van der Waals surface area contributed by atoms with Crippen molar-refractivity contribution in [2.75, 3.05) is 6.61 Å². The van der Waals surface area contributed by atoms with Crippen LogP contribution in [0.25, 0.3) is 0 Å². The Morgan fingerprint density at radius 3 is 2.76 bits per heavy atom. The molecule has 0 spiro atoms. The molecule has 2 aromatic carbocycles. The lowest BCUT2D eigenvalue weighted by molar-refractivity contribution is 0.305. The summed E-state index contributed by atoms with van der Waals surface area (Å²) in [5, 5.41) is 8.66. The predicted octanol–water partition coefficient (Wildman–Crippen LogP) is 4.61. The molecule has 0 aliphatic carbocycles. The third-order valence-corrected chi connectivity index (χ3v) is 4.25. The van der Waals surface area contributed by atoms with E-state index in [4.69, 9.17) is 5.11 Å².